The molecule has 0 aliphatic heterocycles. The molecule has 0 radical (unpaired) electrons. The van der Waals surface area contributed by atoms with Crippen molar-refractivity contribution in [3.05, 3.63) is 56.5 Å². The predicted molar refractivity (Wildman–Crippen MR) is 93.6 cm³/mol. The Labute approximate surface area is 154 Å². The second kappa shape index (κ2) is 8.30. The van der Waals surface area contributed by atoms with E-state index in [1.807, 2.05) is 12.1 Å². The summed E-state index contributed by atoms with van der Waals surface area (Å²) in [4.78, 5) is 25.7. The van der Waals surface area contributed by atoms with E-state index < -0.39 is 35.0 Å². The van der Waals surface area contributed by atoms with Crippen molar-refractivity contribution >= 4 is 50.8 Å². The molecule has 2 rings (SSSR count). The average molecular weight is 433 g/mol. The molecule has 0 atom stereocenters. The Morgan fingerprint density at radius 1 is 1.20 bits per heavy atom. The van der Waals surface area contributed by atoms with Gasteiger partial charge in [0.15, 0.2) is 17.5 Å². The minimum atomic E-state index is -1.67. The van der Waals surface area contributed by atoms with Crippen LogP contribution in [-0.4, -0.2) is 30.3 Å². The van der Waals surface area contributed by atoms with Crippen molar-refractivity contribution in [1.29, 1.82) is 0 Å². The van der Waals surface area contributed by atoms with Crippen LogP contribution >= 0.6 is 27.3 Å². The van der Waals surface area contributed by atoms with E-state index in [1.54, 1.807) is 6.08 Å². The summed E-state index contributed by atoms with van der Waals surface area (Å²) in [5.41, 5.74) is -0.497. The molecule has 0 unspecified atom stereocenters. The Morgan fingerprint density at radius 3 is 2.56 bits per heavy atom. The van der Waals surface area contributed by atoms with E-state index in [-0.39, 0.29) is 6.54 Å². The van der Waals surface area contributed by atoms with E-state index in [0.717, 1.165) is 19.6 Å². The van der Waals surface area contributed by atoms with E-state index >= 15 is 0 Å². The first kappa shape index (κ1) is 19.2. The molecule has 25 heavy (non-hydrogen) atoms. The number of likely N-dealkylation sites (N-methyl/N-ethyl adjacent to an activating group) is 1. The van der Waals surface area contributed by atoms with Gasteiger partial charge >= 0.3 is 0 Å². The SMILES string of the molecule is CN(CC(=O)Nc1ccc(F)c(F)c1F)C(=O)C=Cc1ccc(Br)s1. The van der Waals surface area contributed by atoms with Gasteiger partial charge in [-0.2, -0.15) is 0 Å². The number of thiophene rings is 1. The second-order valence-corrected chi connectivity index (χ2v) is 7.44. The standard InChI is InChI=1S/C16H12BrF3N2O2S/c1-22(14(24)7-3-9-2-6-12(17)25-9)8-13(23)21-11-5-4-10(18)15(19)16(11)20/h2-7H,8H2,1H3,(H,21,23). The van der Waals surface area contributed by atoms with Crippen molar-refractivity contribution < 1.29 is 22.8 Å². The summed E-state index contributed by atoms with van der Waals surface area (Å²) >= 11 is 4.74. The van der Waals surface area contributed by atoms with Gasteiger partial charge in [-0.25, -0.2) is 13.2 Å². The summed E-state index contributed by atoms with van der Waals surface area (Å²) in [6.45, 7) is -0.379. The fourth-order valence-corrected chi connectivity index (χ4v) is 3.13. The number of anilines is 1. The Hall–Kier alpha value is -2.13. The first-order chi connectivity index (χ1) is 11.8. The smallest absolute Gasteiger partial charge is 0.246 e. The topological polar surface area (TPSA) is 49.4 Å². The second-order valence-electron chi connectivity index (χ2n) is 4.94. The highest BCUT2D eigenvalue weighted by molar-refractivity contribution is 9.11. The predicted octanol–water partition coefficient (Wildman–Crippen LogP) is 4.04. The lowest BCUT2D eigenvalue weighted by atomic mass is 10.2. The fourth-order valence-electron chi connectivity index (χ4n) is 1.80. The number of rotatable bonds is 5. The summed E-state index contributed by atoms with van der Waals surface area (Å²) in [6, 6.07) is 5.26. The fraction of sp³-hybridized carbons (Fsp3) is 0.125. The third-order valence-corrected chi connectivity index (χ3v) is 4.64. The van der Waals surface area contributed by atoms with Crippen LogP contribution in [0.15, 0.2) is 34.1 Å². The molecular formula is C16H12BrF3N2O2S. The number of amides is 2. The van der Waals surface area contributed by atoms with Crippen LogP contribution in [0.3, 0.4) is 0 Å². The van der Waals surface area contributed by atoms with Gasteiger partial charge in [0.05, 0.1) is 16.0 Å². The first-order valence-corrected chi connectivity index (χ1v) is 8.50. The highest BCUT2D eigenvalue weighted by Gasteiger charge is 2.17. The highest BCUT2D eigenvalue weighted by atomic mass is 79.9. The number of carbonyl (C=O) groups excluding carboxylic acids is 2. The van der Waals surface area contributed by atoms with Crippen LogP contribution in [0.4, 0.5) is 18.9 Å². The molecule has 4 nitrogen and oxygen atoms in total. The molecule has 1 aromatic heterocycles. The third kappa shape index (κ3) is 5.17. The van der Waals surface area contributed by atoms with Gasteiger partial charge < -0.3 is 10.2 Å². The third-order valence-electron chi connectivity index (χ3n) is 3.05. The monoisotopic (exact) mass is 432 g/mol. The molecule has 1 aromatic carbocycles. The van der Waals surface area contributed by atoms with Crippen LogP contribution in [0.1, 0.15) is 4.88 Å². The van der Waals surface area contributed by atoms with E-state index in [0.29, 0.717) is 6.07 Å². The van der Waals surface area contributed by atoms with Gasteiger partial charge in [0.25, 0.3) is 0 Å². The molecule has 0 saturated carbocycles. The quantitative estimate of drug-likeness (QED) is 0.572. The number of nitrogens with one attached hydrogen (secondary N) is 1. The molecule has 0 bridgehead atoms. The van der Waals surface area contributed by atoms with Gasteiger partial charge in [0.2, 0.25) is 11.8 Å². The molecule has 132 valence electrons. The van der Waals surface area contributed by atoms with Crippen molar-refractivity contribution in [2.75, 3.05) is 18.9 Å². The van der Waals surface area contributed by atoms with Gasteiger partial charge in [-0.3, -0.25) is 9.59 Å². The lowest BCUT2D eigenvalue weighted by molar-refractivity contribution is -0.129. The van der Waals surface area contributed by atoms with Crippen molar-refractivity contribution in [2.45, 2.75) is 0 Å². The van der Waals surface area contributed by atoms with Crippen LogP contribution in [-0.2, 0) is 9.59 Å². The van der Waals surface area contributed by atoms with Gasteiger partial charge in [0.1, 0.15) is 0 Å². The Bertz CT molecular complexity index is 839. The average Bonchev–Trinajstić information content (AvgIpc) is 2.98. The molecule has 0 spiro atoms. The molecule has 0 saturated heterocycles. The molecular weight excluding hydrogens is 421 g/mol. The van der Waals surface area contributed by atoms with Crippen molar-refractivity contribution in [2.24, 2.45) is 0 Å². The van der Waals surface area contributed by atoms with Crippen LogP contribution in [0.25, 0.3) is 6.08 Å². The molecule has 2 aromatic rings. The van der Waals surface area contributed by atoms with E-state index in [4.69, 9.17) is 0 Å². The Balaban J connectivity index is 1.94. The Morgan fingerprint density at radius 2 is 1.92 bits per heavy atom. The summed E-state index contributed by atoms with van der Waals surface area (Å²) in [6.07, 6.45) is 2.89. The zero-order valence-corrected chi connectivity index (χ0v) is 15.3. The molecule has 1 heterocycles. The van der Waals surface area contributed by atoms with Gasteiger partial charge in [-0.15, -0.1) is 11.3 Å². The minimum absolute atomic E-state index is 0.379. The normalized spacial score (nSPS) is 10.9. The lowest BCUT2D eigenvalue weighted by Gasteiger charge is -2.15. The Kier molecular flexibility index (Phi) is 6.38. The van der Waals surface area contributed by atoms with Crippen molar-refractivity contribution in [3.63, 3.8) is 0 Å². The molecule has 0 fully saturated rings. The summed E-state index contributed by atoms with van der Waals surface area (Å²) in [7, 11) is 1.39. The molecule has 2 amide bonds. The maximum atomic E-state index is 13.5. The van der Waals surface area contributed by atoms with Gasteiger partial charge in [-0.1, -0.05) is 0 Å². The van der Waals surface area contributed by atoms with Crippen LogP contribution < -0.4 is 5.32 Å². The zero-order valence-electron chi connectivity index (χ0n) is 12.9. The van der Waals surface area contributed by atoms with E-state index in [1.165, 1.54) is 24.5 Å². The first-order valence-electron chi connectivity index (χ1n) is 6.90. The molecule has 0 aliphatic rings. The van der Waals surface area contributed by atoms with Crippen LogP contribution in [0.2, 0.25) is 0 Å². The van der Waals surface area contributed by atoms with Crippen molar-refractivity contribution in [1.82, 2.24) is 4.90 Å². The minimum Gasteiger partial charge on any atom is -0.333 e. The van der Waals surface area contributed by atoms with Gasteiger partial charge in [0, 0.05) is 18.0 Å². The number of halogens is 4. The number of nitrogens with zero attached hydrogens (tertiary/aromatic N) is 1. The van der Waals surface area contributed by atoms with E-state index in [2.05, 4.69) is 21.2 Å². The highest BCUT2D eigenvalue weighted by Crippen LogP contribution is 2.23. The van der Waals surface area contributed by atoms with E-state index in [9.17, 15) is 22.8 Å². The maximum Gasteiger partial charge on any atom is 0.246 e. The van der Waals surface area contributed by atoms with Crippen LogP contribution in [0.5, 0.6) is 0 Å². The summed E-state index contributed by atoms with van der Waals surface area (Å²) < 4.78 is 40.4. The van der Waals surface area contributed by atoms with Crippen LogP contribution in [0, 0.1) is 17.5 Å². The maximum absolute atomic E-state index is 13.5. The number of carbonyl (C=O) groups is 2. The largest absolute Gasteiger partial charge is 0.333 e. The van der Waals surface area contributed by atoms with Gasteiger partial charge in [-0.05, 0) is 46.3 Å². The number of hydrogen-bond donors (Lipinski definition) is 1. The van der Waals surface area contributed by atoms with Crippen molar-refractivity contribution in [3.8, 4) is 0 Å². The molecule has 0 aliphatic carbocycles. The molecule has 1 N–H and O–H groups in total. The number of benzene rings is 1. The molecule has 9 heteroatoms. The zero-order chi connectivity index (χ0) is 18.6. The summed E-state index contributed by atoms with van der Waals surface area (Å²) in [5, 5.41) is 2.10. The lowest BCUT2D eigenvalue weighted by Crippen LogP contribution is -2.34. The number of hydrogen-bond acceptors (Lipinski definition) is 3. The summed E-state index contributed by atoms with van der Waals surface area (Å²) in [5.74, 6) is -5.70.